The standard InChI is InChI=1S/C15H24N2O2/c1-5-17(9-10-18)13(4)15(19)16-14-8-6-7-11(2)12(14)3/h6-8,13,18H,5,9-10H2,1-4H3,(H,16,19). The molecule has 4 nitrogen and oxygen atoms in total. The highest BCUT2D eigenvalue weighted by Gasteiger charge is 2.20. The van der Waals surface area contributed by atoms with Crippen LogP contribution in [0.3, 0.4) is 0 Å². The number of carbonyl (C=O) groups is 1. The Kier molecular flexibility index (Phi) is 5.99. The van der Waals surface area contributed by atoms with Gasteiger partial charge in [0, 0.05) is 12.2 Å². The molecule has 0 aromatic heterocycles. The van der Waals surface area contributed by atoms with Crippen LogP contribution in [0.15, 0.2) is 18.2 Å². The molecule has 2 N–H and O–H groups in total. The van der Waals surface area contributed by atoms with Gasteiger partial charge in [0.1, 0.15) is 0 Å². The summed E-state index contributed by atoms with van der Waals surface area (Å²) in [5.74, 6) is -0.0380. The quantitative estimate of drug-likeness (QED) is 0.825. The summed E-state index contributed by atoms with van der Waals surface area (Å²) < 4.78 is 0. The normalized spacial score (nSPS) is 12.5. The predicted octanol–water partition coefficient (Wildman–Crippen LogP) is 1.94. The Morgan fingerprint density at radius 3 is 2.68 bits per heavy atom. The summed E-state index contributed by atoms with van der Waals surface area (Å²) in [6.07, 6.45) is 0. The van der Waals surface area contributed by atoms with Gasteiger partial charge in [-0.1, -0.05) is 19.1 Å². The topological polar surface area (TPSA) is 52.6 Å². The molecule has 1 atom stereocenters. The molecular formula is C15H24N2O2. The third-order valence-electron chi connectivity index (χ3n) is 3.58. The minimum atomic E-state index is -0.253. The van der Waals surface area contributed by atoms with Crippen LogP contribution in [-0.2, 0) is 4.79 Å². The summed E-state index contributed by atoms with van der Waals surface area (Å²) in [5, 5.41) is 12.0. The molecule has 1 aromatic carbocycles. The summed E-state index contributed by atoms with van der Waals surface area (Å²) in [6.45, 7) is 9.19. The molecule has 0 aliphatic heterocycles. The number of likely N-dealkylation sites (N-methyl/N-ethyl adjacent to an activating group) is 1. The zero-order chi connectivity index (χ0) is 14.4. The van der Waals surface area contributed by atoms with Gasteiger partial charge in [-0.2, -0.15) is 0 Å². The van der Waals surface area contributed by atoms with Crippen molar-refractivity contribution in [1.29, 1.82) is 0 Å². The fraction of sp³-hybridized carbons (Fsp3) is 0.533. The van der Waals surface area contributed by atoms with Crippen molar-refractivity contribution in [2.75, 3.05) is 25.0 Å². The van der Waals surface area contributed by atoms with Crippen LogP contribution in [0.25, 0.3) is 0 Å². The maximum absolute atomic E-state index is 12.2. The van der Waals surface area contributed by atoms with Crippen molar-refractivity contribution in [3.63, 3.8) is 0 Å². The maximum Gasteiger partial charge on any atom is 0.241 e. The summed E-state index contributed by atoms with van der Waals surface area (Å²) in [4.78, 5) is 14.2. The zero-order valence-electron chi connectivity index (χ0n) is 12.2. The van der Waals surface area contributed by atoms with Gasteiger partial charge >= 0.3 is 0 Å². The summed E-state index contributed by atoms with van der Waals surface area (Å²) >= 11 is 0. The lowest BCUT2D eigenvalue weighted by atomic mass is 10.1. The molecule has 1 aromatic rings. The fourth-order valence-corrected chi connectivity index (χ4v) is 2.04. The van der Waals surface area contributed by atoms with Crippen molar-refractivity contribution in [2.45, 2.75) is 33.7 Å². The van der Waals surface area contributed by atoms with Crippen molar-refractivity contribution in [2.24, 2.45) is 0 Å². The lowest BCUT2D eigenvalue weighted by molar-refractivity contribution is -0.120. The second-order valence-corrected chi connectivity index (χ2v) is 4.76. The fourth-order valence-electron chi connectivity index (χ4n) is 2.04. The average molecular weight is 264 g/mol. The molecule has 0 saturated carbocycles. The number of hydrogen-bond acceptors (Lipinski definition) is 3. The molecule has 0 fully saturated rings. The van der Waals surface area contributed by atoms with E-state index in [2.05, 4.69) is 5.32 Å². The maximum atomic E-state index is 12.2. The number of aliphatic hydroxyl groups is 1. The van der Waals surface area contributed by atoms with Gasteiger partial charge in [-0.05, 0) is 44.5 Å². The molecule has 4 heteroatoms. The second-order valence-electron chi connectivity index (χ2n) is 4.76. The zero-order valence-corrected chi connectivity index (χ0v) is 12.2. The van der Waals surface area contributed by atoms with Crippen LogP contribution in [0.2, 0.25) is 0 Å². The second kappa shape index (κ2) is 7.26. The van der Waals surface area contributed by atoms with Crippen molar-refractivity contribution >= 4 is 11.6 Å². The van der Waals surface area contributed by atoms with Gasteiger partial charge in [-0.3, -0.25) is 9.69 Å². The Bertz CT molecular complexity index is 432. The Labute approximate surface area is 115 Å². The van der Waals surface area contributed by atoms with Gasteiger partial charge in [-0.15, -0.1) is 0 Å². The number of aliphatic hydroxyl groups excluding tert-OH is 1. The van der Waals surface area contributed by atoms with Crippen LogP contribution in [0.1, 0.15) is 25.0 Å². The van der Waals surface area contributed by atoms with E-state index in [1.807, 2.05) is 50.8 Å². The molecule has 0 saturated heterocycles. The molecule has 0 heterocycles. The van der Waals surface area contributed by atoms with Gasteiger partial charge in [0.05, 0.1) is 12.6 Å². The van der Waals surface area contributed by atoms with Gasteiger partial charge in [0.15, 0.2) is 0 Å². The minimum Gasteiger partial charge on any atom is -0.395 e. The van der Waals surface area contributed by atoms with Crippen LogP contribution in [0, 0.1) is 13.8 Å². The first kappa shape index (κ1) is 15.7. The van der Waals surface area contributed by atoms with E-state index in [1.54, 1.807) is 0 Å². The van der Waals surface area contributed by atoms with E-state index in [-0.39, 0.29) is 18.6 Å². The monoisotopic (exact) mass is 264 g/mol. The van der Waals surface area contributed by atoms with Crippen LogP contribution >= 0.6 is 0 Å². The predicted molar refractivity (Wildman–Crippen MR) is 78.3 cm³/mol. The van der Waals surface area contributed by atoms with Gasteiger partial charge in [0.2, 0.25) is 5.91 Å². The van der Waals surface area contributed by atoms with Crippen LogP contribution < -0.4 is 5.32 Å². The smallest absolute Gasteiger partial charge is 0.241 e. The number of nitrogens with one attached hydrogen (secondary N) is 1. The van der Waals surface area contributed by atoms with Crippen LogP contribution in [-0.4, -0.2) is 41.7 Å². The Morgan fingerprint density at radius 2 is 2.11 bits per heavy atom. The van der Waals surface area contributed by atoms with E-state index in [1.165, 1.54) is 0 Å². The molecular weight excluding hydrogens is 240 g/mol. The molecule has 19 heavy (non-hydrogen) atoms. The molecule has 1 unspecified atom stereocenters. The summed E-state index contributed by atoms with van der Waals surface area (Å²) in [7, 11) is 0. The summed E-state index contributed by atoms with van der Waals surface area (Å²) in [6, 6.07) is 5.62. The van der Waals surface area contributed by atoms with E-state index in [4.69, 9.17) is 5.11 Å². The number of nitrogens with zero attached hydrogens (tertiary/aromatic N) is 1. The molecule has 1 amide bonds. The number of benzene rings is 1. The van der Waals surface area contributed by atoms with Crippen molar-refractivity contribution < 1.29 is 9.90 Å². The average Bonchev–Trinajstić information content (AvgIpc) is 2.40. The van der Waals surface area contributed by atoms with E-state index >= 15 is 0 Å². The highest BCUT2D eigenvalue weighted by Crippen LogP contribution is 2.18. The number of amides is 1. The molecule has 106 valence electrons. The number of carbonyl (C=O) groups excluding carboxylic acids is 1. The highest BCUT2D eigenvalue weighted by atomic mass is 16.3. The van der Waals surface area contributed by atoms with Crippen molar-refractivity contribution in [3.8, 4) is 0 Å². The van der Waals surface area contributed by atoms with Crippen LogP contribution in [0.4, 0.5) is 5.69 Å². The third kappa shape index (κ3) is 4.04. The van der Waals surface area contributed by atoms with Crippen molar-refractivity contribution in [3.05, 3.63) is 29.3 Å². The molecule has 1 rings (SSSR count). The molecule has 0 aliphatic carbocycles. The Balaban J connectivity index is 2.76. The van der Waals surface area contributed by atoms with Crippen LogP contribution in [0.5, 0.6) is 0 Å². The van der Waals surface area contributed by atoms with Gasteiger partial charge < -0.3 is 10.4 Å². The third-order valence-corrected chi connectivity index (χ3v) is 3.58. The highest BCUT2D eigenvalue weighted by molar-refractivity contribution is 5.95. The first-order valence-corrected chi connectivity index (χ1v) is 6.73. The van der Waals surface area contributed by atoms with Crippen molar-refractivity contribution in [1.82, 2.24) is 4.90 Å². The molecule has 0 bridgehead atoms. The van der Waals surface area contributed by atoms with Gasteiger partial charge in [-0.25, -0.2) is 0 Å². The first-order valence-electron chi connectivity index (χ1n) is 6.73. The lowest BCUT2D eigenvalue weighted by Crippen LogP contribution is -2.43. The number of rotatable bonds is 6. The minimum absolute atomic E-state index is 0.0380. The summed E-state index contributed by atoms with van der Waals surface area (Å²) in [5.41, 5.74) is 3.11. The van der Waals surface area contributed by atoms with E-state index < -0.39 is 0 Å². The lowest BCUT2D eigenvalue weighted by Gasteiger charge is -2.26. The molecule has 0 spiro atoms. The number of hydrogen-bond donors (Lipinski definition) is 2. The SMILES string of the molecule is CCN(CCO)C(C)C(=O)Nc1cccc(C)c1C. The van der Waals surface area contributed by atoms with Gasteiger partial charge in [0.25, 0.3) is 0 Å². The number of aryl methyl sites for hydroxylation is 1. The molecule has 0 radical (unpaired) electrons. The number of anilines is 1. The Hall–Kier alpha value is -1.39. The Morgan fingerprint density at radius 1 is 1.42 bits per heavy atom. The molecule has 0 aliphatic rings. The largest absolute Gasteiger partial charge is 0.395 e. The van der Waals surface area contributed by atoms with E-state index in [0.717, 1.165) is 23.4 Å². The first-order chi connectivity index (χ1) is 9.01. The van der Waals surface area contributed by atoms with E-state index in [9.17, 15) is 4.79 Å². The van der Waals surface area contributed by atoms with E-state index in [0.29, 0.717) is 6.54 Å².